The van der Waals surface area contributed by atoms with Crippen LogP contribution in [0.3, 0.4) is 0 Å². The Hall–Kier alpha value is -0.930. The minimum atomic E-state index is -0.355. The van der Waals surface area contributed by atoms with Crippen LogP contribution in [0.1, 0.15) is 81.3 Å². The molecule has 2 saturated carbocycles. The average Bonchev–Trinajstić information content (AvgIpc) is 3.05. The molecule has 0 radical (unpaired) electrons. The third kappa shape index (κ3) is 3.25. The molecule has 3 aliphatic rings. The average molecular weight is 332 g/mol. The molecule has 0 amide bonds. The van der Waals surface area contributed by atoms with Gasteiger partial charge in [-0.2, -0.15) is 0 Å². The summed E-state index contributed by atoms with van der Waals surface area (Å²) < 4.78 is 26.3. The maximum atomic E-state index is 14.8. The molecule has 1 aliphatic heterocycles. The van der Waals surface area contributed by atoms with Gasteiger partial charge in [0, 0.05) is 12.8 Å². The van der Waals surface area contributed by atoms with Crippen LogP contribution < -0.4 is 0 Å². The number of rotatable bonds is 2. The Bertz CT molecular complexity index is 561. The van der Waals surface area contributed by atoms with Crippen molar-refractivity contribution in [2.45, 2.75) is 75.9 Å². The van der Waals surface area contributed by atoms with Crippen molar-refractivity contribution in [3.63, 3.8) is 0 Å². The molecule has 0 N–H and O–H groups in total. The predicted molar refractivity (Wildman–Crippen MR) is 92.6 cm³/mol. The molecular weight excluding hydrogens is 303 g/mol. The van der Waals surface area contributed by atoms with Gasteiger partial charge in [0.1, 0.15) is 5.82 Å². The summed E-state index contributed by atoms with van der Waals surface area (Å²) >= 11 is 0. The molecule has 24 heavy (non-hydrogen) atoms. The molecule has 0 aromatic heterocycles. The summed E-state index contributed by atoms with van der Waals surface area (Å²) in [6.45, 7) is 3.73. The Labute approximate surface area is 144 Å². The van der Waals surface area contributed by atoms with Gasteiger partial charge in [-0.25, -0.2) is 4.39 Å². The van der Waals surface area contributed by atoms with Crippen LogP contribution in [0.15, 0.2) is 18.2 Å². The van der Waals surface area contributed by atoms with Gasteiger partial charge in [-0.1, -0.05) is 31.9 Å². The van der Waals surface area contributed by atoms with Crippen molar-refractivity contribution in [2.75, 3.05) is 13.2 Å². The van der Waals surface area contributed by atoms with E-state index in [1.165, 1.54) is 31.2 Å². The van der Waals surface area contributed by atoms with Crippen molar-refractivity contribution in [3.8, 4) is 0 Å². The second kappa shape index (κ2) is 6.76. The topological polar surface area (TPSA) is 18.5 Å². The van der Waals surface area contributed by atoms with E-state index in [1.54, 1.807) is 0 Å². The highest BCUT2D eigenvalue weighted by atomic mass is 19.1. The highest BCUT2D eigenvalue weighted by Gasteiger charge is 2.41. The van der Waals surface area contributed by atoms with E-state index in [0.717, 1.165) is 37.2 Å². The molecule has 1 heterocycles. The van der Waals surface area contributed by atoms with Crippen LogP contribution in [0.5, 0.6) is 0 Å². The quantitative estimate of drug-likeness (QED) is 0.710. The van der Waals surface area contributed by atoms with Crippen molar-refractivity contribution in [1.29, 1.82) is 0 Å². The molecule has 3 heteroatoms. The fourth-order valence-electron chi connectivity index (χ4n) is 4.88. The van der Waals surface area contributed by atoms with Gasteiger partial charge in [0.25, 0.3) is 0 Å². The predicted octanol–water partition coefficient (Wildman–Crippen LogP) is 5.52. The minimum Gasteiger partial charge on any atom is -0.348 e. The van der Waals surface area contributed by atoms with Gasteiger partial charge in [0.2, 0.25) is 0 Å². The summed E-state index contributed by atoms with van der Waals surface area (Å²) in [7, 11) is 0. The van der Waals surface area contributed by atoms with Crippen LogP contribution >= 0.6 is 0 Å². The van der Waals surface area contributed by atoms with Crippen molar-refractivity contribution in [2.24, 2.45) is 5.92 Å². The molecule has 4 rings (SSSR count). The van der Waals surface area contributed by atoms with Crippen molar-refractivity contribution < 1.29 is 13.9 Å². The zero-order valence-corrected chi connectivity index (χ0v) is 14.7. The van der Waals surface area contributed by atoms with Gasteiger partial charge in [0.05, 0.1) is 13.2 Å². The largest absolute Gasteiger partial charge is 0.348 e. The number of hydrogen-bond acceptors (Lipinski definition) is 2. The molecule has 1 spiro atoms. The number of benzene rings is 1. The molecule has 1 aromatic rings. The van der Waals surface area contributed by atoms with Crippen molar-refractivity contribution >= 4 is 0 Å². The fraction of sp³-hybridized carbons (Fsp3) is 0.714. The Morgan fingerprint density at radius 3 is 2.21 bits per heavy atom. The zero-order chi connectivity index (χ0) is 16.6. The molecular formula is C21H29FO2. The summed E-state index contributed by atoms with van der Waals surface area (Å²) in [6, 6.07) is 6.07. The van der Waals surface area contributed by atoms with Crippen LogP contribution in [0.2, 0.25) is 0 Å². The first-order chi connectivity index (χ1) is 11.7. The monoisotopic (exact) mass is 332 g/mol. The Morgan fingerprint density at radius 1 is 0.917 bits per heavy atom. The Kier molecular flexibility index (Phi) is 4.66. The van der Waals surface area contributed by atoms with Gasteiger partial charge in [0.15, 0.2) is 5.79 Å². The molecule has 132 valence electrons. The van der Waals surface area contributed by atoms with Crippen LogP contribution in [-0.2, 0) is 9.47 Å². The normalized spacial score (nSPS) is 30.8. The summed E-state index contributed by atoms with van der Waals surface area (Å²) in [4.78, 5) is 0. The van der Waals surface area contributed by atoms with Gasteiger partial charge in [-0.15, -0.1) is 0 Å². The second-order valence-corrected chi connectivity index (χ2v) is 8.12. The standard InChI is InChI=1S/C21H29FO2/c1-15-2-4-16(5-3-15)18-6-7-19(20(22)14-18)17-8-10-21(11-9-17)23-12-13-24-21/h6-7,14-17H,2-5,8-13H2,1H3. The number of halogens is 1. The second-order valence-electron chi connectivity index (χ2n) is 8.12. The lowest BCUT2D eigenvalue weighted by molar-refractivity contribution is -0.178. The molecule has 1 aromatic carbocycles. The summed E-state index contributed by atoms with van der Waals surface area (Å²) in [5.74, 6) is 1.34. The Balaban J connectivity index is 1.43. The van der Waals surface area contributed by atoms with Crippen LogP contribution in [0.25, 0.3) is 0 Å². The summed E-state index contributed by atoms with van der Waals surface area (Å²) in [5.41, 5.74) is 2.11. The van der Waals surface area contributed by atoms with E-state index in [9.17, 15) is 4.39 Å². The van der Waals surface area contributed by atoms with Gasteiger partial charge >= 0.3 is 0 Å². The highest BCUT2D eigenvalue weighted by molar-refractivity contribution is 5.30. The molecule has 0 bridgehead atoms. The minimum absolute atomic E-state index is 0.000306. The summed E-state index contributed by atoms with van der Waals surface area (Å²) in [6.07, 6.45) is 8.66. The van der Waals surface area contributed by atoms with E-state index in [0.29, 0.717) is 25.0 Å². The van der Waals surface area contributed by atoms with Gasteiger partial charge in [-0.3, -0.25) is 0 Å². The molecule has 0 atom stereocenters. The van der Waals surface area contributed by atoms with Crippen LogP contribution in [0, 0.1) is 11.7 Å². The van der Waals surface area contributed by atoms with E-state index >= 15 is 0 Å². The fourth-order valence-corrected chi connectivity index (χ4v) is 4.88. The maximum Gasteiger partial charge on any atom is 0.168 e. The molecule has 3 fully saturated rings. The van der Waals surface area contributed by atoms with E-state index in [4.69, 9.17) is 9.47 Å². The third-order valence-corrected chi connectivity index (χ3v) is 6.51. The number of ether oxygens (including phenoxy) is 2. The van der Waals surface area contributed by atoms with Gasteiger partial charge < -0.3 is 9.47 Å². The zero-order valence-electron chi connectivity index (χ0n) is 14.7. The summed E-state index contributed by atoms with van der Waals surface area (Å²) in [5, 5.41) is 0. The van der Waals surface area contributed by atoms with Crippen LogP contribution in [0.4, 0.5) is 4.39 Å². The lowest BCUT2D eigenvalue weighted by atomic mass is 9.77. The SMILES string of the molecule is CC1CCC(c2ccc(C3CCC4(CC3)OCCO4)c(F)c2)CC1. The maximum absolute atomic E-state index is 14.8. The molecule has 0 unspecified atom stereocenters. The van der Waals surface area contributed by atoms with Crippen LogP contribution in [-0.4, -0.2) is 19.0 Å². The first kappa shape index (κ1) is 16.5. The van der Waals surface area contributed by atoms with E-state index in [1.807, 2.05) is 6.07 Å². The highest BCUT2D eigenvalue weighted by Crippen LogP contribution is 2.43. The molecule has 2 aliphatic carbocycles. The first-order valence-electron chi connectivity index (χ1n) is 9.72. The first-order valence-corrected chi connectivity index (χ1v) is 9.72. The smallest absolute Gasteiger partial charge is 0.168 e. The lowest BCUT2D eigenvalue weighted by Crippen LogP contribution is -2.34. The Morgan fingerprint density at radius 2 is 1.58 bits per heavy atom. The third-order valence-electron chi connectivity index (χ3n) is 6.51. The molecule has 1 saturated heterocycles. The van der Waals surface area contributed by atoms with Crippen molar-refractivity contribution in [3.05, 3.63) is 35.1 Å². The van der Waals surface area contributed by atoms with E-state index < -0.39 is 0 Å². The lowest BCUT2D eigenvalue weighted by Gasteiger charge is -2.35. The van der Waals surface area contributed by atoms with E-state index in [-0.39, 0.29) is 11.6 Å². The number of hydrogen-bond donors (Lipinski definition) is 0. The van der Waals surface area contributed by atoms with Gasteiger partial charge in [-0.05, 0) is 60.6 Å². The molecule has 2 nitrogen and oxygen atoms in total. The van der Waals surface area contributed by atoms with E-state index in [2.05, 4.69) is 19.1 Å². The van der Waals surface area contributed by atoms with Crippen molar-refractivity contribution in [1.82, 2.24) is 0 Å².